The third-order valence-corrected chi connectivity index (χ3v) is 4.60. The third kappa shape index (κ3) is 3.56. The van der Waals surface area contributed by atoms with Crippen molar-refractivity contribution in [2.24, 2.45) is 7.05 Å². The van der Waals surface area contributed by atoms with Crippen LogP contribution < -0.4 is 5.32 Å². The molecule has 1 N–H and O–H groups in total. The summed E-state index contributed by atoms with van der Waals surface area (Å²) < 4.78 is 1.70. The van der Waals surface area contributed by atoms with Gasteiger partial charge in [0.15, 0.2) is 0 Å². The Bertz CT molecular complexity index is 480. The van der Waals surface area contributed by atoms with Gasteiger partial charge in [0, 0.05) is 32.4 Å². The van der Waals surface area contributed by atoms with Gasteiger partial charge in [-0.1, -0.05) is 0 Å². The number of likely N-dealkylation sites (tertiary alicyclic amines) is 2. The van der Waals surface area contributed by atoms with E-state index in [0.717, 1.165) is 31.6 Å². The van der Waals surface area contributed by atoms with Gasteiger partial charge < -0.3 is 15.1 Å². The zero-order valence-corrected chi connectivity index (χ0v) is 12.8. The minimum Gasteiger partial charge on any atom is -0.324 e. The van der Waals surface area contributed by atoms with Crippen molar-refractivity contribution in [3.8, 4) is 0 Å². The van der Waals surface area contributed by atoms with E-state index in [-0.39, 0.29) is 6.03 Å². The number of hydrogen-bond acceptors (Lipinski definition) is 3. The van der Waals surface area contributed by atoms with Gasteiger partial charge in [-0.3, -0.25) is 4.68 Å². The molecular weight excluding hydrogens is 266 g/mol. The molecule has 3 rings (SSSR count). The Morgan fingerprint density at radius 2 is 2.00 bits per heavy atom. The number of carbonyl (C=O) groups is 1. The molecule has 1 atom stereocenters. The van der Waals surface area contributed by atoms with Crippen molar-refractivity contribution in [1.82, 2.24) is 19.6 Å². The van der Waals surface area contributed by atoms with Crippen LogP contribution in [0.3, 0.4) is 0 Å². The van der Waals surface area contributed by atoms with Gasteiger partial charge in [-0.25, -0.2) is 4.79 Å². The fraction of sp³-hybridized carbons (Fsp3) is 0.733. The van der Waals surface area contributed by atoms with Gasteiger partial charge in [0.25, 0.3) is 0 Å². The molecule has 3 heterocycles. The fourth-order valence-corrected chi connectivity index (χ4v) is 3.44. The highest BCUT2D eigenvalue weighted by molar-refractivity contribution is 5.89. The molecule has 0 radical (unpaired) electrons. The lowest BCUT2D eigenvalue weighted by Gasteiger charge is -2.26. The lowest BCUT2D eigenvalue weighted by Crippen LogP contribution is -2.37. The summed E-state index contributed by atoms with van der Waals surface area (Å²) in [4.78, 5) is 16.9. The molecule has 116 valence electrons. The van der Waals surface area contributed by atoms with Crippen molar-refractivity contribution < 1.29 is 4.79 Å². The van der Waals surface area contributed by atoms with Crippen molar-refractivity contribution >= 4 is 11.7 Å². The molecule has 2 aliphatic heterocycles. The average Bonchev–Trinajstić information content (AvgIpc) is 3.06. The maximum atomic E-state index is 12.3. The van der Waals surface area contributed by atoms with E-state index in [1.165, 1.54) is 32.4 Å². The van der Waals surface area contributed by atoms with Crippen LogP contribution in [0.15, 0.2) is 12.4 Å². The van der Waals surface area contributed by atoms with E-state index in [9.17, 15) is 4.79 Å². The number of nitrogens with zero attached hydrogens (tertiary/aromatic N) is 4. The molecule has 0 bridgehead atoms. The summed E-state index contributed by atoms with van der Waals surface area (Å²) in [6, 6.07) is 0.675. The van der Waals surface area contributed by atoms with Crippen LogP contribution in [0.2, 0.25) is 0 Å². The van der Waals surface area contributed by atoms with E-state index in [1.807, 2.05) is 18.1 Å². The van der Waals surface area contributed by atoms with Crippen LogP contribution in [-0.4, -0.2) is 57.8 Å². The normalized spacial score (nSPS) is 24.0. The molecule has 0 spiro atoms. The van der Waals surface area contributed by atoms with Gasteiger partial charge in [-0.15, -0.1) is 0 Å². The summed E-state index contributed by atoms with van der Waals surface area (Å²) in [6.45, 7) is 4.20. The minimum atomic E-state index is 0.00470. The fourth-order valence-electron chi connectivity index (χ4n) is 3.44. The quantitative estimate of drug-likeness (QED) is 0.905. The van der Waals surface area contributed by atoms with Gasteiger partial charge in [0.2, 0.25) is 0 Å². The van der Waals surface area contributed by atoms with Crippen LogP contribution in [0.1, 0.15) is 32.1 Å². The average molecular weight is 291 g/mol. The number of rotatable bonds is 2. The smallest absolute Gasteiger partial charge is 0.321 e. The van der Waals surface area contributed by atoms with Crippen LogP contribution in [0.4, 0.5) is 10.5 Å². The summed E-state index contributed by atoms with van der Waals surface area (Å²) in [7, 11) is 1.85. The SMILES string of the molecule is Cn1cc(NC(=O)N2CCCC(N3CCCC3)CC2)cn1. The van der Waals surface area contributed by atoms with Crippen molar-refractivity contribution in [1.29, 1.82) is 0 Å². The predicted octanol–water partition coefficient (Wildman–Crippen LogP) is 1.90. The van der Waals surface area contributed by atoms with Crippen molar-refractivity contribution in [3.63, 3.8) is 0 Å². The van der Waals surface area contributed by atoms with E-state index >= 15 is 0 Å². The maximum absolute atomic E-state index is 12.3. The van der Waals surface area contributed by atoms with Crippen LogP contribution in [-0.2, 0) is 7.05 Å². The van der Waals surface area contributed by atoms with Gasteiger partial charge in [0.1, 0.15) is 0 Å². The minimum absolute atomic E-state index is 0.00470. The molecule has 0 aromatic carbocycles. The summed E-state index contributed by atoms with van der Waals surface area (Å²) in [5, 5.41) is 7.01. The molecule has 2 aliphatic rings. The van der Waals surface area contributed by atoms with E-state index < -0.39 is 0 Å². The van der Waals surface area contributed by atoms with Crippen LogP contribution in [0.25, 0.3) is 0 Å². The van der Waals surface area contributed by atoms with Crippen LogP contribution in [0.5, 0.6) is 0 Å². The van der Waals surface area contributed by atoms with Crippen molar-refractivity contribution in [2.75, 3.05) is 31.5 Å². The Labute approximate surface area is 126 Å². The first-order chi connectivity index (χ1) is 10.2. The third-order valence-electron chi connectivity index (χ3n) is 4.60. The first kappa shape index (κ1) is 14.4. The maximum Gasteiger partial charge on any atom is 0.321 e. The number of hydrogen-bond donors (Lipinski definition) is 1. The molecule has 6 heteroatoms. The zero-order chi connectivity index (χ0) is 14.7. The standard InChI is InChI=1S/C15H25N5O/c1-18-12-13(11-16-18)17-15(21)20-9-4-5-14(6-10-20)19-7-2-3-8-19/h11-12,14H,2-10H2,1H3,(H,17,21). The molecule has 0 aliphatic carbocycles. The summed E-state index contributed by atoms with van der Waals surface area (Å²) >= 11 is 0. The lowest BCUT2D eigenvalue weighted by molar-refractivity contribution is 0.204. The Hall–Kier alpha value is -1.56. The van der Waals surface area contributed by atoms with Gasteiger partial charge >= 0.3 is 6.03 Å². The molecule has 1 unspecified atom stereocenters. The number of carbonyl (C=O) groups excluding carboxylic acids is 1. The number of urea groups is 1. The monoisotopic (exact) mass is 291 g/mol. The number of nitrogens with one attached hydrogen (secondary N) is 1. The van der Waals surface area contributed by atoms with Crippen molar-refractivity contribution in [2.45, 2.75) is 38.1 Å². The number of amides is 2. The Kier molecular flexibility index (Phi) is 4.43. The number of aromatic nitrogens is 2. The van der Waals surface area contributed by atoms with Crippen LogP contribution >= 0.6 is 0 Å². The topological polar surface area (TPSA) is 53.4 Å². The van der Waals surface area contributed by atoms with Gasteiger partial charge in [0.05, 0.1) is 11.9 Å². The molecule has 6 nitrogen and oxygen atoms in total. The lowest BCUT2D eigenvalue weighted by atomic mass is 10.1. The van der Waals surface area contributed by atoms with E-state index in [4.69, 9.17) is 0 Å². The second-order valence-corrected chi connectivity index (χ2v) is 6.15. The molecule has 2 fully saturated rings. The molecular formula is C15H25N5O. The molecule has 1 aromatic heterocycles. The van der Waals surface area contributed by atoms with E-state index in [0.29, 0.717) is 6.04 Å². The number of aryl methyl sites for hydroxylation is 1. The largest absolute Gasteiger partial charge is 0.324 e. The number of anilines is 1. The highest BCUT2D eigenvalue weighted by Crippen LogP contribution is 2.21. The zero-order valence-electron chi connectivity index (χ0n) is 12.8. The molecule has 2 saturated heterocycles. The van der Waals surface area contributed by atoms with Gasteiger partial charge in [-0.05, 0) is 45.2 Å². The van der Waals surface area contributed by atoms with Crippen molar-refractivity contribution in [3.05, 3.63) is 12.4 Å². The molecule has 2 amide bonds. The highest BCUT2D eigenvalue weighted by Gasteiger charge is 2.26. The van der Waals surface area contributed by atoms with E-state index in [2.05, 4.69) is 15.3 Å². The molecule has 21 heavy (non-hydrogen) atoms. The summed E-state index contributed by atoms with van der Waals surface area (Å²) in [6.07, 6.45) is 9.59. The highest BCUT2D eigenvalue weighted by atomic mass is 16.2. The second kappa shape index (κ2) is 6.47. The molecule has 1 aromatic rings. The van der Waals surface area contributed by atoms with Gasteiger partial charge in [-0.2, -0.15) is 5.10 Å². The van der Waals surface area contributed by atoms with Crippen LogP contribution in [0, 0.1) is 0 Å². The predicted molar refractivity (Wildman–Crippen MR) is 82.2 cm³/mol. The Balaban J connectivity index is 1.53. The first-order valence-electron chi connectivity index (χ1n) is 8.01. The Morgan fingerprint density at radius 3 is 2.71 bits per heavy atom. The molecule has 0 saturated carbocycles. The van der Waals surface area contributed by atoms with E-state index in [1.54, 1.807) is 10.9 Å². The Morgan fingerprint density at radius 1 is 1.19 bits per heavy atom. The first-order valence-corrected chi connectivity index (χ1v) is 8.01. The summed E-state index contributed by atoms with van der Waals surface area (Å²) in [5.74, 6) is 0. The summed E-state index contributed by atoms with van der Waals surface area (Å²) in [5.41, 5.74) is 0.767. The second-order valence-electron chi connectivity index (χ2n) is 6.15.